The first-order valence-electron chi connectivity index (χ1n) is 9.82. The number of nitrogens with two attached hydrogens (primary N) is 1. The number of hydrogen-bond donors (Lipinski definition) is 1. The van der Waals surface area contributed by atoms with Gasteiger partial charge >= 0.3 is 0 Å². The molecular weight excluding hydrogens is 391 g/mol. The first-order valence-corrected chi connectivity index (χ1v) is 9.82. The van der Waals surface area contributed by atoms with Gasteiger partial charge in [0.15, 0.2) is 19.1 Å². The zero-order valence-electron chi connectivity index (χ0n) is 17.4. The molecule has 0 saturated heterocycles. The minimum absolute atomic E-state index is 0.165. The molecule has 0 atom stereocenters. The van der Waals surface area contributed by atoms with Crippen LogP contribution in [0.4, 0.5) is 5.82 Å². The SMILES string of the molecule is Bc1nn(Cc2nc3nccc(C)c3c(=O)n2-c2ccccc2C)c2ncnc(N)c12. The molecule has 152 valence electrons. The summed E-state index contributed by atoms with van der Waals surface area (Å²) in [4.78, 5) is 31.2. The molecule has 31 heavy (non-hydrogen) atoms. The lowest BCUT2D eigenvalue weighted by Gasteiger charge is -2.16. The number of hydrogen-bond acceptors (Lipinski definition) is 7. The van der Waals surface area contributed by atoms with Crippen LogP contribution in [0.3, 0.4) is 0 Å². The van der Waals surface area contributed by atoms with E-state index in [4.69, 9.17) is 10.7 Å². The second-order valence-electron chi connectivity index (χ2n) is 7.48. The zero-order valence-corrected chi connectivity index (χ0v) is 17.4. The monoisotopic (exact) mass is 410 g/mol. The summed E-state index contributed by atoms with van der Waals surface area (Å²) in [6.45, 7) is 4.07. The molecule has 0 unspecified atom stereocenters. The van der Waals surface area contributed by atoms with E-state index < -0.39 is 0 Å². The van der Waals surface area contributed by atoms with E-state index in [9.17, 15) is 4.79 Å². The molecule has 0 aliphatic carbocycles. The van der Waals surface area contributed by atoms with E-state index in [0.29, 0.717) is 39.3 Å². The fourth-order valence-corrected chi connectivity index (χ4v) is 3.92. The smallest absolute Gasteiger partial charge is 0.267 e. The zero-order chi connectivity index (χ0) is 21.7. The number of anilines is 1. The molecule has 10 heteroatoms. The lowest BCUT2D eigenvalue weighted by Crippen LogP contribution is -2.27. The number of pyridine rings is 1. The average Bonchev–Trinajstić information content (AvgIpc) is 3.05. The van der Waals surface area contributed by atoms with Crippen molar-refractivity contribution in [3.63, 3.8) is 0 Å². The molecule has 0 amide bonds. The molecule has 2 N–H and O–H groups in total. The topological polar surface area (TPSA) is 117 Å². The van der Waals surface area contributed by atoms with Crippen molar-refractivity contribution in [2.45, 2.75) is 20.4 Å². The average molecular weight is 410 g/mol. The number of nitrogen functional groups attached to an aromatic ring is 1. The van der Waals surface area contributed by atoms with Gasteiger partial charge in [0.1, 0.15) is 24.5 Å². The highest BCUT2D eigenvalue weighted by molar-refractivity contribution is 6.38. The highest BCUT2D eigenvalue weighted by atomic mass is 16.1. The highest BCUT2D eigenvalue weighted by Gasteiger charge is 2.19. The van der Waals surface area contributed by atoms with E-state index in [0.717, 1.165) is 16.8 Å². The Morgan fingerprint density at radius 1 is 1.03 bits per heavy atom. The Morgan fingerprint density at radius 2 is 1.84 bits per heavy atom. The van der Waals surface area contributed by atoms with Gasteiger partial charge in [-0.2, -0.15) is 5.10 Å². The number of benzene rings is 1. The summed E-state index contributed by atoms with van der Waals surface area (Å²) >= 11 is 0. The van der Waals surface area contributed by atoms with Gasteiger partial charge < -0.3 is 5.73 Å². The van der Waals surface area contributed by atoms with Crippen molar-refractivity contribution < 1.29 is 0 Å². The molecule has 9 nitrogen and oxygen atoms in total. The van der Waals surface area contributed by atoms with Crippen molar-refractivity contribution >= 4 is 41.3 Å². The van der Waals surface area contributed by atoms with Crippen molar-refractivity contribution in [3.05, 3.63) is 70.2 Å². The summed E-state index contributed by atoms with van der Waals surface area (Å²) in [5, 5.41) is 5.79. The summed E-state index contributed by atoms with van der Waals surface area (Å²) in [5.74, 6) is 0.875. The molecule has 0 spiro atoms. The van der Waals surface area contributed by atoms with Gasteiger partial charge in [-0.25, -0.2) is 24.6 Å². The van der Waals surface area contributed by atoms with Gasteiger partial charge in [0.2, 0.25) is 0 Å². The predicted octanol–water partition coefficient (Wildman–Crippen LogP) is 0.426. The summed E-state index contributed by atoms with van der Waals surface area (Å²) in [7, 11) is 1.85. The van der Waals surface area contributed by atoms with Crippen molar-refractivity contribution in [3.8, 4) is 5.69 Å². The Balaban J connectivity index is 1.82. The van der Waals surface area contributed by atoms with Crippen LogP contribution in [-0.2, 0) is 6.54 Å². The predicted molar refractivity (Wildman–Crippen MR) is 122 cm³/mol. The van der Waals surface area contributed by atoms with E-state index in [1.165, 1.54) is 6.33 Å². The van der Waals surface area contributed by atoms with Crippen LogP contribution < -0.4 is 16.9 Å². The van der Waals surface area contributed by atoms with E-state index in [1.807, 2.05) is 52.0 Å². The molecule has 4 aromatic heterocycles. The van der Waals surface area contributed by atoms with E-state index in [1.54, 1.807) is 15.4 Å². The van der Waals surface area contributed by atoms with Crippen LogP contribution >= 0.6 is 0 Å². The molecule has 4 heterocycles. The quantitative estimate of drug-likeness (QED) is 0.429. The highest BCUT2D eigenvalue weighted by Crippen LogP contribution is 2.19. The maximum absolute atomic E-state index is 13.6. The Kier molecular flexibility index (Phi) is 4.28. The Labute approximate surface area is 178 Å². The Hall–Kier alpha value is -4.08. The molecule has 0 radical (unpaired) electrons. The standard InChI is InChI=1S/C21H19BN8O/c1-11-5-3-4-6-13(11)30-14(27-19-15(21(30)31)12(2)7-8-24-19)9-29-20-16(17(22)28-29)18(23)25-10-26-20/h3-8,10H,9,22H2,1-2H3,(H2,23,25,26). The van der Waals surface area contributed by atoms with Gasteiger partial charge in [-0.1, -0.05) is 18.2 Å². The molecule has 0 aliphatic heterocycles. The Bertz CT molecular complexity index is 1540. The van der Waals surface area contributed by atoms with Crippen LogP contribution in [0.2, 0.25) is 0 Å². The molecule has 1 aromatic carbocycles. The third-order valence-corrected chi connectivity index (χ3v) is 5.43. The minimum atomic E-state index is -0.165. The number of nitrogens with zero attached hydrogens (tertiary/aromatic N) is 7. The van der Waals surface area contributed by atoms with Crippen LogP contribution in [0.15, 0.2) is 47.7 Å². The van der Waals surface area contributed by atoms with Crippen molar-refractivity contribution in [2.24, 2.45) is 0 Å². The second kappa shape index (κ2) is 7.01. The fraction of sp³-hybridized carbons (Fsp3) is 0.143. The number of fused-ring (bicyclic) bond motifs is 2. The summed E-state index contributed by atoms with van der Waals surface area (Å²) in [6.07, 6.45) is 3.07. The molecular formula is C21H19BN8O. The van der Waals surface area contributed by atoms with E-state index in [2.05, 4.69) is 20.1 Å². The first kappa shape index (κ1) is 18.9. The van der Waals surface area contributed by atoms with E-state index >= 15 is 0 Å². The van der Waals surface area contributed by atoms with Crippen molar-refractivity contribution in [1.82, 2.24) is 34.3 Å². The lowest BCUT2D eigenvalue weighted by atomic mass is 10.0. The fourth-order valence-electron chi connectivity index (χ4n) is 3.92. The molecule has 5 rings (SSSR count). The Morgan fingerprint density at radius 3 is 2.65 bits per heavy atom. The molecule has 0 aliphatic rings. The summed E-state index contributed by atoms with van der Waals surface area (Å²) in [5.41, 5.74) is 10.1. The van der Waals surface area contributed by atoms with Gasteiger partial charge in [0, 0.05) is 11.8 Å². The second-order valence-corrected chi connectivity index (χ2v) is 7.48. The third-order valence-electron chi connectivity index (χ3n) is 5.43. The molecule has 5 aromatic rings. The summed E-state index contributed by atoms with van der Waals surface area (Å²) < 4.78 is 3.33. The molecule has 0 saturated carbocycles. The lowest BCUT2D eigenvalue weighted by molar-refractivity contribution is 0.652. The van der Waals surface area contributed by atoms with Gasteiger partial charge in [0.25, 0.3) is 5.56 Å². The largest absolute Gasteiger partial charge is 0.383 e. The van der Waals surface area contributed by atoms with E-state index in [-0.39, 0.29) is 12.1 Å². The van der Waals surface area contributed by atoms with Crippen molar-refractivity contribution in [2.75, 3.05) is 5.73 Å². The number of aryl methyl sites for hydroxylation is 2. The maximum atomic E-state index is 13.6. The van der Waals surface area contributed by atoms with Crippen LogP contribution in [0.1, 0.15) is 17.0 Å². The van der Waals surface area contributed by atoms with Gasteiger partial charge in [-0.05, 0) is 37.1 Å². The molecule has 0 bridgehead atoms. The number of para-hydroxylation sites is 1. The van der Waals surface area contributed by atoms with Gasteiger partial charge in [-0.3, -0.25) is 9.36 Å². The van der Waals surface area contributed by atoms with Crippen LogP contribution in [-0.4, -0.2) is 42.1 Å². The number of aromatic nitrogens is 7. The maximum Gasteiger partial charge on any atom is 0.267 e. The van der Waals surface area contributed by atoms with Crippen LogP contribution in [0.25, 0.3) is 27.8 Å². The normalized spacial score (nSPS) is 11.4. The first-order chi connectivity index (χ1) is 15.0. The number of rotatable bonds is 3. The van der Waals surface area contributed by atoms with Crippen molar-refractivity contribution in [1.29, 1.82) is 0 Å². The minimum Gasteiger partial charge on any atom is -0.383 e. The van der Waals surface area contributed by atoms with Gasteiger partial charge in [-0.15, -0.1) is 0 Å². The third kappa shape index (κ3) is 2.95. The van der Waals surface area contributed by atoms with Crippen LogP contribution in [0, 0.1) is 13.8 Å². The summed E-state index contributed by atoms with van der Waals surface area (Å²) in [6, 6.07) is 9.53. The molecule has 0 fully saturated rings. The van der Waals surface area contributed by atoms with Gasteiger partial charge in [0.05, 0.1) is 16.5 Å². The van der Waals surface area contributed by atoms with Crippen LogP contribution in [0.5, 0.6) is 0 Å².